The van der Waals surface area contributed by atoms with Gasteiger partial charge in [-0.1, -0.05) is 17.7 Å². The number of nitriles is 1. The Bertz CT molecular complexity index is 620. The summed E-state index contributed by atoms with van der Waals surface area (Å²) in [5.74, 6) is -1.22. The van der Waals surface area contributed by atoms with Gasteiger partial charge in [0.25, 0.3) is 5.91 Å². The summed E-state index contributed by atoms with van der Waals surface area (Å²) >= 11 is 1.49. The third-order valence-electron chi connectivity index (χ3n) is 3.01. The van der Waals surface area contributed by atoms with Crippen molar-refractivity contribution in [1.29, 1.82) is 5.26 Å². The minimum Gasteiger partial charge on any atom is -0.480 e. The number of carboxylic acids is 1. The van der Waals surface area contributed by atoms with E-state index in [2.05, 4.69) is 10.6 Å². The Morgan fingerprint density at radius 3 is 2.57 bits per heavy atom. The Kier molecular flexibility index (Phi) is 7.71. The monoisotopic (exact) mass is 333 g/mol. The maximum atomic E-state index is 12.0. The van der Waals surface area contributed by atoms with Crippen LogP contribution < -0.4 is 10.6 Å². The molecule has 6 nitrogen and oxygen atoms in total. The normalized spacial score (nSPS) is 12.1. The number of aliphatic carboxylic acids is 1. The average Bonchev–Trinajstić information content (AvgIpc) is 2.53. The first-order valence-corrected chi connectivity index (χ1v) is 8.33. The summed E-state index contributed by atoms with van der Waals surface area (Å²) in [7, 11) is 0. The highest BCUT2D eigenvalue weighted by Gasteiger charge is 2.21. The summed E-state index contributed by atoms with van der Waals surface area (Å²) in [4.78, 5) is 23.1. The first kappa shape index (κ1) is 18.6. The Morgan fingerprint density at radius 1 is 1.39 bits per heavy atom. The lowest BCUT2D eigenvalue weighted by molar-refractivity contribution is -0.141. The average molecular weight is 333 g/mol. The zero-order valence-electron chi connectivity index (χ0n) is 13.0. The fourth-order valence-electron chi connectivity index (χ4n) is 1.68. The predicted molar refractivity (Wildman–Crippen MR) is 91.1 cm³/mol. The standard InChI is InChI=1S/C16H19N3O3S/c1-11-3-5-13(6-4-11)18-10-12(9-17)15(20)19-14(16(21)22)7-8-23-2/h3-6,10,14,18H,7-8H2,1-2H3,(H,19,20)(H,21,22)/b12-10-. The van der Waals surface area contributed by atoms with Crippen LogP contribution >= 0.6 is 11.8 Å². The lowest BCUT2D eigenvalue weighted by atomic mass is 10.2. The second-order valence-corrected chi connectivity index (χ2v) is 5.81. The van der Waals surface area contributed by atoms with Crippen molar-refractivity contribution in [3.05, 3.63) is 41.6 Å². The number of anilines is 1. The van der Waals surface area contributed by atoms with E-state index in [1.165, 1.54) is 18.0 Å². The van der Waals surface area contributed by atoms with Crippen molar-refractivity contribution in [3.63, 3.8) is 0 Å². The molecule has 0 bridgehead atoms. The van der Waals surface area contributed by atoms with Crippen LogP contribution in [0.3, 0.4) is 0 Å². The predicted octanol–water partition coefficient (Wildman–Crippen LogP) is 2.14. The molecule has 1 atom stereocenters. The van der Waals surface area contributed by atoms with E-state index < -0.39 is 17.9 Å². The van der Waals surface area contributed by atoms with E-state index in [9.17, 15) is 9.59 Å². The molecule has 7 heteroatoms. The highest BCUT2D eigenvalue weighted by atomic mass is 32.2. The molecule has 0 heterocycles. The van der Waals surface area contributed by atoms with Gasteiger partial charge in [0.2, 0.25) is 0 Å². The highest BCUT2D eigenvalue weighted by Crippen LogP contribution is 2.09. The summed E-state index contributed by atoms with van der Waals surface area (Å²) in [6.45, 7) is 1.95. The molecule has 1 amide bonds. The summed E-state index contributed by atoms with van der Waals surface area (Å²) in [6.07, 6.45) is 3.42. The summed E-state index contributed by atoms with van der Waals surface area (Å²) in [5.41, 5.74) is 1.64. The number of nitrogens with zero attached hydrogens (tertiary/aromatic N) is 1. The van der Waals surface area contributed by atoms with E-state index in [-0.39, 0.29) is 5.57 Å². The van der Waals surface area contributed by atoms with E-state index in [0.717, 1.165) is 11.3 Å². The number of carbonyl (C=O) groups is 2. The number of nitrogens with one attached hydrogen (secondary N) is 2. The van der Waals surface area contributed by atoms with Crippen LogP contribution in [-0.2, 0) is 9.59 Å². The molecule has 1 aromatic carbocycles. The fourth-order valence-corrected chi connectivity index (χ4v) is 2.15. The molecule has 0 aromatic heterocycles. The van der Waals surface area contributed by atoms with Crippen molar-refractivity contribution in [2.45, 2.75) is 19.4 Å². The van der Waals surface area contributed by atoms with E-state index >= 15 is 0 Å². The molecule has 3 N–H and O–H groups in total. The van der Waals surface area contributed by atoms with Crippen LogP contribution in [0.2, 0.25) is 0 Å². The van der Waals surface area contributed by atoms with E-state index in [1.54, 1.807) is 6.07 Å². The summed E-state index contributed by atoms with van der Waals surface area (Å²) in [6, 6.07) is 8.19. The number of hydrogen-bond acceptors (Lipinski definition) is 5. The Balaban J connectivity index is 2.73. The van der Waals surface area contributed by atoms with Gasteiger partial charge in [0, 0.05) is 11.9 Å². The van der Waals surface area contributed by atoms with Gasteiger partial charge in [0.05, 0.1) is 0 Å². The first-order chi connectivity index (χ1) is 11.0. The molecule has 23 heavy (non-hydrogen) atoms. The second-order valence-electron chi connectivity index (χ2n) is 4.83. The van der Waals surface area contributed by atoms with Gasteiger partial charge < -0.3 is 15.7 Å². The van der Waals surface area contributed by atoms with Gasteiger partial charge in [-0.3, -0.25) is 4.79 Å². The van der Waals surface area contributed by atoms with Gasteiger partial charge >= 0.3 is 5.97 Å². The zero-order chi connectivity index (χ0) is 17.2. The van der Waals surface area contributed by atoms with Crippen molar-refractivity contribution in [3.8, 4) is 6.07 Å². The number of amides is 1. The number of thioether (sulfide) groups is 1. The molecular formula is C16H19N3O3S. The minimum atomic E-state index is -1.11. The molecule has 0 spiro atoms. The van der Waals surface area contributed by atoms with Crippen LogP contribution in [0.5, 0.6) is 0 Å². The molecule has 1 rings (SSSR count). The smallest absolute Gasteiger partial charge is 0.326 e. The second kappa shape index (κ2) is 9.54. The minimum absolute atomic E-state index is 0.180. The number of aryl methyl sites for hydroxylation is 1. The number of carboxylic acid groups (broad SMARTS) is 1. The van der Waals surface area contributed by atoms with Crippen molar-refractivity contribution in [2.75, 3.05) is 17.3 Å². The third kappa shape index (κ3) is 6.45. The van der Waals surface area contributed by atoms with E-state index in [4.69, 9.17) is 10.4 Å². The van der Waals surface area contributed by atoms with Crippen LogP contribution in [0.4, 0.5) is 5.69 Å². The zero-order valence-corrected chi connectivity index (χ0v) is 13.8. The summed E-state index contributed by atoms with van der Waals surface area (Å²) in [5, 5.41) is 23.4. The Morgan fingerprint density at radius 2 is 2.04 bits per heavy atom. The number of carbonyl (C=O) groups excluding carboxylic acids is 1. The lowest BCUT2D eigenvalue weighted by Crippen LogP contribution is -2.41. The van der Waals surface area contributed by atoms with Crippen LogP contribution in [0.25, 0.3) is 0 Å². The van der Waals surface area contributed by atoms with Crippen LogP contribution in [0.15, 0.2) is 36.0 Å². The molecule has 1 aromatic rings. The van der Waals surface area contributed by atoms with Gasteiger partial charge in [-0.15, -0.1) is 0 Å². The van der Waals surface area contributed by atoms with Crippen LogP contribution in [0.1, 0.15) is 12.0 Å². The number of hydrogen-bond donors (Lipinski definition) is 3. The van der Waals surface area contributed by atoms with E-state index in [0.29, 0.717) is 12.2 Å². The van der Waals surface area contributed by atoms with Crippen molar-refractivity contribution in [1.82, 2.24) is 5.32 Å². The maximum Gasteiger partial charge on any atom is 0.326 e. The Hall–Kier alpha value is -2.46. The molecule has 0 radical (unpaired) electrons. The van der Waals surface area contributed by atoms with Crippen molar-refractivity contribution < 1.29 is 14.7 Å². The molecule has 0 fully saturated rings. The van der Waals surface area contributed by atoms with Gasteiger partial charge in [-0.25, -0.2) is 4.79 Å². The van der Waals surface area contributed by atoms with Gasteiger partial charge in [0.15, 0.2) is 0 Å². The highest BCUT2D eigenvalue weighted by molar-refractivity contribution is 7.98. The first-order valence-electron chi connectivity index (χ1n) is 6.94. The Labute approximate surface area is 139 Å². The molecule has 0 saturated heterocycles. The lowest BCUT2D eigenvalue weighted by Gasteiger charge is -2.13. The largest absolute Gasteiger partial charge is 0.480 e. The fraction of sp³-hybridized carbons (Fsp3) is 0.312. The van der Waals surface area contributed by atoms with Gasteiger partial charge in [0.1, 0.15) is 17.7 Å². The molecular weight excluding hydrogens is 314 g/mol. The number of benzene rings is 1. The summed E-state index contributed by atoms with van der Waals surface area (Å²) < 4.78 is 0. The third-order valence-corrected chi connectivity index (χ3v) is 3.66. The van der Waals surface area contributed by atoms with Crippen molar-refractivity contribution >= 4 is 29.3 Å². The van der Waals surface area contributed by atoms with Gasteiger partial charge in [-0.2, -0.15) is 17.0 Å². The van der Waals surface area contributed by atoms with Crippen LogP contribution in [0, 0.1) is 18.3 Å². The molecule has 122 valence electrons. The van der Waals surface area contributed by atoms with Gasteiger partial charge in [-0.05, 0) is 37.5 Å². The molecule has 0 aliphatic heterocycles. The molecule has 0 aliphatic carbocycles. The topological polar surface area (TPSA) is 102 Å². The van der Waals surface area contributed by atoms with Crippen molar-refractivity contribution in [2.24, 2.45) is 0 Å². The SMILES string of the molecule is CSCCC(NC(=O)/C(C#N)=C\Nc1ccc(C)cc1)C(=O)O. The van der Waals surface area contributed by atoms with Crippen LogP contribution in [-0.4, -0.2) is 35.0 Å². The number of rotatable bonds is 8. The maximum absolute atomic E-state index is 12.0. The molecule has 1 unspecified atom stereocenters. The quantitative estimate of drug-likeness (QED) is 0.497. The molecule has 0 saturated carbocycles. The molecule has 0 aliphatic rings. The van der Waals surface area contributed by atoms with E-state index in [1.807, 2.05) is 37.4 Å².